The maximum absolute atomic E-state index is 13.0. The van der Waals surface area contributed by atoms with Gasteiger partial charge in [-0.25, -0.2) is 0 Å². The molecule has 3 heterocycles. The third kappa shape index (κ3) is 3.41. The van der Waals surface area contributed by atoms with Crippen LogP contribution in [0.4, 0.5) is 0 Å². The van der Waals surface area contributed by atoms with Gasteiger partial charge in [0.1, 0.15) is 19.3 Å². The first kappa shape index (κ1) is 20.3. The molecular weight excluding hydrogens is 384 g/mol. The highest BCUT2D eigenvalue weighted by Gasteiger charge is 2.49. The van der Waals surface area contributed by atoms with E-state index in [-0.39, 0.29) is 36.9 Å². The van der Waals surface area contributed by atoms with E-state index in [1.54, 1.807) is 23.4 Å². The van der Waals surface area contributed by atoms with E-state index >= 15 is 0 Å². The Hall–Kier alpha value is -3.00. The van der Waals surface area contributed by atoms with Crippen molar-refractivity contribution >= 4 is 17.6 Å². The fourth-order valence-electron chi connectivity index (χ4n) is 4.67. The summed E-state index contributed by atoms with van der Waals surface area (Å²) < 4.78 is 7.48. The molecule has 1 aromatic carbocycles. The third-order valence-corrected chi connectivity index (χ3v) is 6.15. The van der Waals surface area contributed by atoms with Gasteiger partial charge in [0.25, 0.3) is 0 Å². The molecule has 4 rings (SSSR count). The number of aryl methyl sites for hydroxylation is 1. The highest BCUT2D eigenvalue weighted by molar-refractivity contribution is 5.96. The fraction of sp³-hybridized carbons (Fsp3) is 0.455. The van der Waals surface area contributed by atoms with Gasteiger partial charge in [-0.3, -0.25) is 19.1 Å². The van der Waals surface area contributed by atoms with Crippen LogP contribution in [-0.2, 0) is 26.4 Å². The number of amides is 2. The molecule has 1 N–H and O–H groups in total. The molecule has 2 fully saturated rings. The molecule has 2 aromatic rings. The lowest BCUT2D eigenvalue weighted by Gasteiger charge is -2.50. The molecule has 2 aliphatic rings. The Morgan fingerprint density at radius 3 is 2.67 bits per heavy atom. The molecule has 2 aliphatic heterocycles. The van der Waals surface area contributed by atoms with Crippen molar-refractivity contribution in [3.63, 3.8) is 0 Å². The Morgan fingerprint density at radius 2 is 2.00 bits per heavy atom. The van der Waals surface area contributed by atoms with Gasteiger partial charge in [0.05, 0.1) is 16.8 Å². The molecular formula is C22H26N4O4. The number of hydrogen-bond acceptors (Lipinski definition) is 5. The molecule has 158 valence electrons. The average Bonchev–Trinajstić information content (AvgIpc) is 3.01. The number of nitrogens with one attached hydrogen (secondary N) is 1. The Kier molecular flexibility index (Phi) is 5.19. The van der Waals surface area contributed by atoms with E-state index in [0.29, 0.717) is 36.5 Å². The van der Waals surface area contributed by atoms with Crippen molar-refractivity contribution in [1.82, 2.24) is 20.0 Å². The zero-order chi connectivity index (χ0) is 21.5. The van der Waals surface area contributed by atoms with Crippen LogP contribution < -0.4 is 5.32 Å². The SMILES string of the molecule is CC(=O)c1c(C)nn(CC(=O)N2CC[C@@]3(c4ccccc4)NC(=O)CO[C@@H]3C2)c1C. The van der Waals surface area contributed by atoms with Crippen molar-refractivity contribution < 1.29 is 19.1 Å². The molecule has 8 nitrogen and oxygen atoms in total. The van der Waals surface area contributed by atoms with E-state index < -0.39 is 5.54 Å². The topological polar surface area (TPSA) is 93.5 Å². The molecule has 0 aliphatic carbocycles. The number of piperidine rings is 1. The van der Waals surface area contributed by atoms with Gasteiger partial charge in [-0.1, -0.05) is 30.3 Å². The molecule has 30 heavy (non-hydrogen) atoms. The van der Waals surface area contributed by atoms with Gasteiger partial charge in [0.15, 0.2) is 5.78 Å². The molecule has 1 aromatic heterocycles. The van der Waals surface area contributed by atoms with Crippen LogP contribution in [0.25, 0.3) is 0 Å². The summed E-state index contributed by atoms with van der Waals surface area (Å²) in [6, 6.07) is 9.78. The summed E-state index contributed by atoms with van der Waals surface area (Å²) in [4.78, 5) is 38.8. The minimum absolute atomic E-state index is 0.0132. The molecule has 8 heteroatoms. The number of likely N-dealkylation sites (tertiary alicyclic amines) is 1. The number of nitrogens with zero attached hydrogens (tertiary/aromatic N) is 3. The van der Waals surface area contributed by atoms with Gasteiger partial charge >= 0.3 is 0 Å². The van der Waals surface area contributed by atoms with Gasteiger partial charge < -0.3 is 15.0 Å². The van der Waals surface area contributed by atoms with Crippen LogP contribution in [0.3, 0.4) is 0 Å². The van der Waals surface area contributed by atoms with Crippen molar-refractivity contribution in [2.75, 3.05) is 19.7 Å². The summed E-state index contributed by atoms with van der Waals surface area (Å²) >= 11 is 0. The highest BCUT2D eigenvalue weighted by atomic mass is 16.5. The van der Waals surface area contributed by atoms with Crippen molar-refractivity contribution in [3.05, 3.63) is 52.8 Å². The zero-order valence-electron chi connectivity index (χ0n) is 17.5. The van der Waals surface area contributed by atoms with E-state index in [1.807, 2.05) is 30.3 Å². The van der Waals surface area contributed by atoms with Gasteiger partial charge in [-0.05, 0) is 32.8 Å². The van der Waals surface area contributed by atoms with Crippen LogP contribution in [0.15, 0.2) is 30.3 Å². The van der Waals surface area contributed by atoms with Gasteiger partial charge in [0.2, 0.25) is 11.8 Å². The number of morpholine rings is 1. The summed E-state index contributed by atoms with van der Waals surface area (Å²) in [5.74, 6) is -0.284. The number of benzene rings is 1. The van der Waals surface area contributed by atoms with Crippen LogP contribution in [0, 0.1) is 13.8 Å². The molecule has 2 amide bonds. The fourth-order valence-corrected chi connectivity index (χ4v) is 4.67. The molecule has 0 spiro atoms. The summed E-state index contributed by atoms with van der Waals surface area (Å²) in [7, 11) is 0. The average molecular weight is 410 g/mol. The predicted molar refractivity (Wildman–Crippen MR) is 109 cm³/mol. The second-order valence-corrected chi connectivity index (χ2v) is 8.03. The lowest BCUT2D eigenvalue weighted by Crippen LogP contribution is -2.67. The highest BCUT2D eigenvalue weighted by Crippen LogP contribution is 2.37. The summed E-state index contributed by atoms with van der Waals surface area (Å²) in [5, 5.41) is 7.51. The number of carbonyl (C=O) groups excluding carboxylic acids is 3. The summed E-state index contributed by atoms with van der Waals surface area (Å²) in [5.41, 5.74) is 2.26. The first-order valence-corrected chi connectivity index (χ1v) is 10.1. The number of ketones is 1. The van der Waals surface area contributed by atoms with Crippen LogP contribution in [0.2, 0.25) is 0 Å². The number of ether oxygens (including phenoxy) is 1. The van der Waals surface area contributed by atoms with E-state index in [4.69, 9.17) is 4.74 Å². The van der Waals surface area contributed by atoms with Crippen molar-refractivity contribution in [3.8, 4) is 0 Å². The van der Waals surface area contributed by atoms with Crippen LogP contribution >= 0.6 is 0 Å². The van der Waals surface area contributed by atoms with Gasteiger partial charge in [-0.2, -0.15) is 5.10 Å². The van der Waals surface area contributed by atoms with Gasteiger partial charge in [-0.15, -0.1) is 0 Å². The summed E-state index contributed by atoms with van der Waals surface area (Å²) in [6.45, 7) is 6.02. The maximum atomic E-state index is 13.0. The van der Waals surface area contributed by atoms with E-state index in [2.05, 4.69) is 10.4 Å². The Morgan fingerprint density at radius 1 is 1.27 bits per heavy atom. The molecule has 0 saturated carbocycles. The molecule has 0 bridgehead atoms. The Labute approximate surface area is 175 Å². The Balaban J connectivity index is 1.54. The standard InChI is InChI=1S/C22H26N4O4/c1-14-21(16(3)27)15(2)26(24-14)12-20(29)25-10-9-22(17-7-5-4-6-8-17)18(11-25)30-13-19(28)23-22/h4-8,18H,9-13H2,1-3H3,(H,23,28)/t18-,22+/m1/s1. The van der Waals surface area contributed by atoms with Crippen molar-refractivity contribution in [2.45, 2.75) is 45.4 Å². The maximum Gasteiger partial charge on any atom is 0.246 e. The number of rotatable bonds is 4. The number of hydrogen-bond donors (Lipinski definition) is 1. The Bertz CT molecular complexity index is 1000. The zero-order valence-corrected chi connectivity index (χ0v) is 17.5. The number of Topliss-reactive ketones (excluding diaryl/α,β-unsaturated/α-hetero) is 1. The third-order valence-electron chi connectivity index (χ3n) is 6.15. The lowest BCUT2D eigenvalue weighted by atomic mass is 9.77. The van der Waals surface area contributed by atoms with E-state index in [1.165, 1.54) is 6.92 Å². The van der Waals surface area contributed by atoms with Crippen LogP contribution in [-0.4, -0.2) is 58.1 Å². The second kappa shape index (κ2) is 7.68. The minimum atomic E-state index is -0.632. The van der Waals surface area contributed by atoms with E-state index in [9.17, 15) is 14.4 Å². The van der Waals surface area contributed by atoms with Gasteiger partial charge in [0, 0.05) is 18.8 Å². The summed E-state index contributed by atoms with van der Waals surface area (Å²) in [6.07, 6.45) is 0.234. The number of carbonyl (C=O) groups is 3. The smallest absolute Gasteiger partial charge is 0.246 e. The van der Waals surface area contributed by atoms with Crippen LogP contribution in [0.5, 0.6) is 0 Å². The first-order valence-electron chi connectivity index (χ1n) is 10.1. The largest absolute Gasteiger partial charge is 0.364 e. The number of aromatic nitrogens is 2. The molecule has 2 atom stereocenters. The quantitative estimate of drug-likeness (QED) is 0.768. The van der Waals surface area contributed by atoms with Crippen LogP contribution in [0.1, 0.15) is 40.7 Å². The lowest BCUT2D eigenvalue weighted by molar-refractivity contribution is -0.157. The molecule has 0 radical (unpaired) electrons. The normalized spacial score (nSPS) is 23.6. The second-order valence-electron chi connectivity index (χ2n) is 8.03. The number of fused-ring (bicyclic) bond motifs is 1. The minimum Gasteiger partial charge on any atom is -0.364 e. The molecule has 2 saturated heterocycles. The molecule has 0 unspecified atom stereocenters. The van der Waals surface area contributed by atoms with Crippen molar-refractivity contribution in [2.24, 2.45) is 0 Å². The first-order chi connectivity index (χ1) is 14.3. The monoisotopic (exact) mass is 410 g/mol. The predicted octanol–water partition coefficient (Wildman–Crippen LogP) is 1.35. The van der Waals surface area contributed by atoms with E-state index in [0.717, 1.165) is 5.56 Å². The van der Waals surface area contributed by atoms with Crippen molar-refractivity contribution in [1.29, 1.82) is 0 Å².